The molecule has 3 heterocycles. The molecule has 1 amide bonds. The van der Waals surface area contributed by atoms with Crippen molar-refractivity contribution in [2.75, 3.05) is 31.2 Å². The number of carbonyl (C=O) groups excluding carboxylic acids is 2. The molecule has 0 spiro atoms. The van der Waals surface area contributed by atoms with Crippen LogP contribution in [0.15, 0.2) is 22.6 Å². The van der Waals surface area contributed by atoms with Gasteiger partial charge >= 0.3 is 0 Å². The Morgan fingerprint density at radius 2 is 2.08 bits per heavy atom. The van der Waals surface area contributed by atoms with Crippen molar-refractivity contribution in [1.29, 1.82) is 0 Å². The van der Waals surface area contributed by atoms with E-state index < -0.39 is 5.97 Å². The summed E-state index contributed by atoms with van der Waals surface area (Å²) in [5, 5.41) is 17.6. The number of thiophene rings is 1. The van der Waals surface area contributed by atoms with E-state index in [4.69, 9.17) is 4.74 Å². The molecule has 0 aromatic carbocycles. The monoisotopic (exact) mass is 393 g/mol. The number of ether oxygens (including phenoxy) is 1. The number of hydrazone groups is 1. The maximum atomic E-state index is 12.1. The summed E-state index contributed by atoms with van der Waals surface area (Å²) in [7, 11) is 0. The zero-order valence-electron chi connectivity index (χ0n) is 14.1. The zero-order valence-corrected chi connectivity index (χ0v) is 15.7. The molecule has 0 radical (unpaired) electrons. The number of nitrogens with one attached hydrogen (secondary N) is 1. The molecule has 1 saturated heterocycles. The number of aromatic carboxylic acids is 1. The van der Waals surface area contributed by atoms with E-state index in [9.17, 15) is 14.7 Å². The molecule has 1 N–H and O–H groups in total. The molecule has 2 aromatic heterocycles. The Kier molecular flexibility index (Phi) is 5.96. The molecule has 0 saturated carbocycles. The van der Waals surface area contributed by atoms with Crippen LogP contribution in [0.2, 0.25) is 0 Å². The maximum Gasteiger partial charge on any atom is 0.246 e. The summed E-state index contributed by atoms with van der Waals surface area (Å²) in [5.41, 5.74) is 3.70. The molecular formula is C16H17N4O4S2-. The van der Waals surface area contributed by atoms with E-state index in [0.29, 0.717) is 29.5 Å². The van der Waals surface area contributed by atoms with E-state index in [2.05, 4.69) is 20.4 Å². The van der Waals surface area contributed by atoms with Gasteiger partial charge in [0.15, 0.2) is 5.13 Å². The number of carboxylic acid groups (broad SMARTS) is 1. The van der Waals surface area contributed by atoms with E-state index in [0.717, 1.165) is 29.6 Å². The molecule has 3 rings (SSSR count). The molecule has 138 valence electrons. The average molecular weight is 393 g/mol. The SMILES string of the molecule is C/C(=N/NC(=O)Cc1csc(N2CCOCC2)n1)c1ccc(C(=O)[O-])s1. The molecule has 0 atom stereocenters. The molecule has 1 fully saturated rings. The lowest BCUT2D eigenvalue weighted by atomic mass is 10.3. The highest BCUT2D eigenvalue weighted by molar-refractivity contribution is 7.15. The fourth-order valence-electron chi connectivity index (χ4n) is 2.32. The van der Waals surface area contributed by atoms with Crippen LogP contribution in [0.4, 0.5) is 5.13 Å². The zero-order chi connectivity index (χ0) is 18.5. The molecule has 0 bridgehead atoms. The number of rotatable bonds is 6. The lowest BCUT2D eigenvalue weighted by Crippen LogP contribution is -2.36. The van der Waals surface area contributed by atoms with E-state index in [-0.39, 0.29) is 17.2 Å². The quantitative estimate of drug-likeness (QED) is 0.565. The number of morpholine rings is 1. The van der Waals surface area contributed by atoms with Crippen LogP contribution in [-0.2, 0) is 16.0 Å². The number of thiazole rings is 1. The van der Waals surface area contributed by atoms with Gasteiger partial charge in [-0.05, 0) is 19.1 Å². The number of amides is 1. The minimum Gasteiger partial charge on any atom is -0.544 e. The van der Waals surface area contributed by atoms with E-state index >= 15 is 0 Å². The second-order valence-corrected chi connectivity index (χ2v) is 7.50. The van der Waals surface area contributed by atoms with Gasteiger partial charge in [0, 0.05) is 18.5 Å². The second kappa shape index (κ2) is 8.39. The molecule has 26 heavy (non-hydrogen) atoms. The third kappa shape index (κ3) is 4.65. The van der Waals surface area contributed by atoms with Crippen molar-refractivity contribution in [3.05, 3.63) is 33.0 Å². The van der Waals surface area contributed by atoms with Crippen LogP contribution in [0.25, 0.3) is 0 Å². The molecule has 10 heteroatoms. The minimum absolute atomic E-state index is 0.124. The highest BCUT2D eigenvalue weighted by Crippen LogP contribution is 2.21. The Labute approximate surface area is 158 Å². The minimum atomic E-state index is -1.22. The van der Waals surface area contributed by atoms with Gasteiger partial charge in [-0.2, -0.15) is 5.10 Å². The van der Waals surface area contributed by atoms with Gasteiger partial charge in [0.2, 0.25) is 5.91 Å². The Balaban J connectivity index is 1.55. The highest BCUT2D eigenvalue weighted by atomic mass is 32.1. The van der Waals surface area contributed by atoms with Crippen LogP contribution >= 0.6 is 22.7 Å². The summed E-state index contributed by atoms with van der Waals surface area (Å²) < 4.78 is 5.32. The van der Waals surface area contributed by atoms with E-state index in [1.807, 2.05) is 5.38 Å². The van der Waals surface area contributed by atoms with Crippen molar-refractivity contribution in [2.45, 2.75) is 13.3 Å². The smallest absolute Gasteiger partial charge is 0.246 e. The number of anilines is 1. The van der Waals surface area contributed by atoms with Crippen molar-refractivity contribution in [2.24, 2.45) is 5.10 Å². The molecule has 0 unspecified atom stereocenters. The number of nitrogens with zero attached hydrogens (tertiary/aromatic N) is 3. The largest absolute Gasteiger partial charge is 0.544 e. The first kappa shape index (κ1) is 18.5. The van der Waals surface area contributed by atoms with Crippen molar-refractivity contribution in [3.63, 3.8) is 0 Å². The Morgan fingerprint density at radius 1 is 1.35 bits per heavy atom. The van der Waals surface area contributed by atoms with Crippen molar-refractivity contribution < 1.29 is 19.4 Å². The Bertz CT molecular complexity index is 824. The van der Waals surface area contributed by atoms with Gasteiger partial charge in [-0.3, -0.25) is 4.79 Å². The lowest BCUT2D eigenvalue weighted by molar-refractivity contribution is -0.254. The summed E-state index contributed by atoms with van der Waals surface area (Å²) in [5.74, 6) is -1.50. The number of aromatic nitrogens is 1. The molecule has 8 nitrogen and oxygen atoms in total. The van der Waals surface area contributed by atoms with E-state index in [1.54, 1.807) is 13.0 Å². The molecule has 1 aliphatic heterocycles. The molecular weight excluding hydrogens is 376 g/mol. The van der Waals surface area contributed by atoms with Crippen molar-refractivity contribution >= 4 is 45.4 Å². The van der Waals surface area contributed by atoms with Crippen LogP contribution in [0, 0.1) is 0 Å². The molecule has 2 aromatic rings. The summed E-state index contributed by atoms with van der Waals surface area (Å²) in [6.07, 6.45) is 0.131. The first-order valence-electron chi connectivity index (χ1n) is 7.94. The van der Waals surface area contributed by atoms with Gasteiger partial charge in [0.05, 0.1) is 46.8 Å². The summed E-state index contributed by atoms with van der Waals surface area (Å²) >= 11 is 2.56. The summed E-state index contributed by atoms with van der Waals surface area (Å²) in [6.45, 7) is 4.68. The van der Waals surface area contributed by atoms with Crippen molar-refractivity contribution in [3.8, 4) is 0 Å². The predicted octanol–water partition coefficient (Wildman–Crippen LogP) is 0.488. The summed E-state index contributed by atoms with van der Waals surface area (Å²) in [6, 6.07) is 3.09. The van der Waals surface area contributed by atoms with Gasteiger partial charge in [0.25, 0.3) is 0 Å². The Hall–Kier alpha value is -2.30. The lowest BCUT2D eigenvalue weighted by Gasteiger charge is -2.26. The second-order valence-electron chi connectivity index (χ2n) is 5.58. The summed E-state index contributed by atoms with van der Waals surface area (Å²) in [4.78, 5) is 30.3. The van der Waals surface area contributed by atoms with Crippen LogP contribution in [-0.4, -0.2) is 48.9 Å². The first-order valence-corrected chi connectivity index (χ1v) is 9.64. The van der Waals surface area contributed by atoms with Crippen LogP contribution in [0.1, 0.15) is 27.2 Å². The average Bonchev–Trinajstić information content (AvgIpc) is 3.30. The third-order valence-electron chi connectivity index (χ3n) is 3.67. The third-order valence-corrected chi connectivity index (χ3v) is 5.80. The number of hydrogen-bond acceptors (Lipinski definition) is 9. The first-order chi connectivity index (χ1) is 12.5. The van der Waals surface area contributed by atoms with Gasteiger partial charge in [0.1, 0.15) is 0 Å². The van der Waals surface area contributed by atoms with Crippen LogP contribution < -0.4 is 15.4 Å². The van der Waals surface area contributed by atoms with E-state index in [1.165, 1.54) is 17.4 Å². The fraction of sp³-hybridized carbons (Fsp3) is 0.375. The van der Waals surface area contributed by atoms with Gasteiger partial charge in [-0.25, -0.2) is 10.4 Å². The van der Waals surface area contributed by atoms with Gasteiger partial charge in [-0.15, -0.1) is 22.7 Å². The Morgan fingerprint density at radius 3 is 2.77 bits per heavy atom. The van der Waals surface area contributed by atoms with Gasteiger partial charge in [-0.1, -0.05) is 0 Å². The van der Waals surface area contributed by atoms with Crippen molar-refractivity contribution in [1.82, 2.24) is 10.4 Å². The number of carbonyl (C=O) groups is 2. The van der Waals surface area contributed by atoms with Crippen LogP contribution in [0.5, 0.6) is 0 Å². The number of carboxylic acids is 1. The highest BCUT2D eigenvalue weighted by Gasteiger charge is 2.15. The molecule has 0 aliphatic carbocycles. The number of hydrogen-bond donors (Lipinski definition) is 1. The molecule has 1 aliphatic rings. The fourth-order valence-corrected chi connectivity index (χ4v) is 3.99. The normalized spacial score (nSPS) is 15.1. The predicted molar refractivity (Wildman–Crippen MR) is 97.9 cm³/mol. The van der Waals surface area contributed by atoms with Gasteiger partial charge < -0.3 is 19.5 Å². The maximum absolute atomic E-state index is 12.1. The topological polar surface area (TPSA) is 107 Å². The standard InChI is InChI=1S/C16H18N4O4S2/c1-10(12-2-3-13(26-12)15(22)23)18-19-14(21)8-11-9-25-16(17-11)20-4-6-24-7-5-20/h2-3,9H,4-8H2,1H3,(H,19,21)(H,22,23)/p-1/b18-10-. The van der Waals surface area contributed by atoms with Crippen LogP contribution in [0.3, 0.4) is 0 Å².